The van der Waals surface area contributed by atoms with Crippen LogP contribution in [0, 0.1) is 6.92 Å². The lowest BCUT2D eigenvalue weighted by atomic mass is 10.3. The van der Waals surface area contributed by atoms with Crippen LogP contribution in [0.1, 0.15) is 5.89 Å². The first kappa shape index (κ1) is 6.81. The Morgan fingerprint density at radius 3 is 3.09 bits per heavy atom. The molecular weight excluding hydrogens is 157 g/mol. The fourth-order valence-electron chi connectivity index (χ4n) is 1.06. The molecule has 1 aromatic carbocycles. The van der Waals surface area contributed by atoms with Gasteiger partial charge in [0.2, 0.25) is 0 Å². The molecule has 56 valence electrons. The second kappa shape index (κ2) is 2.31. The Labute approximate surface area is 66.8 Å². The van der Waals surface area contributed by atoms with Crippen LogP contribution in [0.5, 0.6) is 0 Å². The van der Waals surface area contributed by atoms with E-state index in [0.717, 1.165) is 22.3 Å². The zero-order chi connectivity index (χ0) is 7.84. The molecule has 2 nitrogen and oxygen atoms in total. The number of fused-ring (bicyclic) bond motifs is 1. The quantitative estimate of drug-likeness (QED) is 0.554. The lowest BCUT2D eigenvalue weighted by molar-refractivity contribution is 0.561. The van der Waals surface area contributed by atoms with E-state index in [4.69, 9.17) is 4.42 Å². The number of aromatic nitrogens is 1. The van der Waals surface area contributed by atoms with Crippen LogP contribution in [0.4, 0.5) is 0 Å². The molecule has 0 saturated carbocycles. The van der Waals surface area contributed by atoms with Gasteiger partial charge in [-0.1, -0.05) is 6.07 Å². The van der Waals surface area contributed by atoms with Crippen LogP contribution in [0.2, 0.25) is 0 Å². The fraction of sp³-hybridized carbons (Fsp3) is 0.125. The molecule has 0 aliphatic rings. The van der Waals surface area contributed by atoms with Crippen LogP contribution < -0.4 is 5.30 Å². The maximum atomic E-state index is 5.30. The molecule has 3 heteroatoms. The third-order valence-corrected chi connectivity index (χ3v) is 1.88. The second-order valence-corrected chi connectivity index (χ2v) is 3.13. The molecule has 1 heterocycles. The van der Waals surface area contributed by atoms with Crippen LogP contribution in [0.25, 0.3) is 11.1 Å². The summed E-state index contributed by atoms with van der Waals surface area (Å²) in [5.74, 6) is 0.718. The molecule has 11 heavy (non-hydrogen) atoms. The number of rotatable bonds is 0. The fourth-order valence-corrected chi connectivity index (χ4v) is 1.31. The summed E-state index contributed by atoms with van der Waals surface area (Å²) in [6.07, 6.45) is 0. The highest BCUT2D eigenvalue weighted by atomic mass is 31.0. The number of benzene rings is 1. The minimum atomic E-state index is 0.718. The van der Waals surface area contributed by atoms with Gasteiger partial charge in [-0.2, -0.15) is 0 Å². The molecule has 0 spiro atoms. The Balaban J connectivity index is 2.82. The first-order chi connectivity index (χ1) is 5.25. The number of aryl methyl sites for hydroxylation is 1. The van der Waals surface area contributed by atoms with E-state index in [1.807, 2.05) is 25.1 Å². The molecule has 1 aromatic heterocycles. The van der Waals surface area contributed by atoms with E-state index in [9.17, 15) is 0 Å². The Hall–Kier alpha value is -0.880. The van der Waals surface area contributed by atoms with Gasteiger partial charge in [-0.05, 0) is 17.4 Å². The van der Waals surface area contributed by atoms with E-state index in [0.29, 0.717) is 0 Å². The first-order valence-corrected chi connectivity index (χ1v) is 3.96. The summed E-state index contributed by atoms with van der Waals surface area (Å²) in [6.45, 7) is 1.85. The molecule has 0 bridgehead atoms. The Morgan fingerprint density at radius 2 is 2.27 bits per heavy atom. The molecular formula is C8H8NOP. The molecule has 0 aliphatic heterocycles. The van der Waals surface area contributed by atoms with Crippen molar-refractivity contribution >= 4 is 25.6 Å². The summed E-state index contributed by atoms with van der Waals surface area (Å²) in [6, 6.07) is 5.89. The minimum Gasteiger partial charge on any atom is -0.441 e. The third kappa shape index (κ3) is 1.14. The predicted molar refractivity (Wildman–Crippen MR) is 48.1 cm³/mol. The number of nitrogens with zero attached hydrogens (tertiary/aromatic N) is 1. The molecule has 0 fully saturated rings. The van der Waals surface area contributed by atoms with Crippen molar-refractivity contribution in [1.29, 1.82) is 0 Å². The molecule has 2 aromatic rings. The van der Waals surface area contributed by atoms with Crippen molar-refractivity contribution in [1.82, 2.24) is 4.98 Å². The van der Waals surface area contributed by atoms with Gasteiger partial charge >= 0.3 is 0 Å². The van der Waals surface area contributed by atoms with Crippen molar-refractivity contribution < 1.29 is 4.42 Å². The van der Waals surface area contributed by atoms with Crippen molar-refractivity contribution in [3.63, 3.8) is 0 Å². The van der Waals surface area contributed by atoms with Gasteiger partial charge in [-0.15, -0.1) is 9.24 Å². The maximum Gasteiger partial charge on any atom is 0.192 e. The summed E-state index contributed by atoms with van der Waals surface area (Å²) in [5.41, 5.74) is 1.78. The molecule has 1 atom stereocenters. The van der Waals surface area contributed by atoms with Crippen LogP contribution in [-0.4, -0.2) is 4.98 Å². The predicted octanol–water partition coefficient (Wildman–Crippen LogP) is 1.64. The van der Waals surface area contributed by atoms with Gasteiger partial charge in [-0.25, -0.2) is 4.98 Å². The lowest BCUT2D eigenvalue weighted by Gasteiger charge is -1.87. The van der Waals surface area contributed by atoms with Gasteiger partial charge in [0, 0.05) is 6.92 Å². The zero-order valence-corrected chi connectivity index (χ0v) is 7.32. The summed E-state index contributed by atoms with van der Waals surface area (Å²) in [5, 5.41) is 1.13. The van der Waals surface area contributed by atoms with Gasteiger partial charge < -0.3 is 4.42 Å². The van der Waals surface area contributed by atoms with E-state index >= 15 is 0 Å². The standard InChI is InChI=1S/C8H8NOP/c1-5-9-7-4-6(11)2-3-8(7)10-5/h2-4H,11H2,1H3. The van der Waals surface area contributed by atoms with Crippen molar-refractivity contribution in [3.8, 4) is 0 Å². The van der Waals surface area contributed by atoms with Gasteiger partial charge in [0.1, 0.15) is 5.52 Å². The van der Waals surface area contributed by atoms with E-state index < -0.39 is 0 Å². The van der Waals surface area contributed by atoms with E-state index in [2.05, 4.69) is 14.2 Å². The Bertz CT molecular complexity index is 394. The number of hydrogen-bond donors (Lipinski definition) is 0. The van der Waals surface area contributed by atoms with Crippen molar-refractivity contribution in [2.45, 2.75) is 6.92 Å². The summed E-state index contributed by atoms with van der Waals surface area (Å²) >= 11 is 0. The van der Waals surface area contributed by atoms with Crippen LogP contribution in [0.3, 0.4) is 0 Å². The minimum absolute atomic E-state index is 0.718. The molecule has 0 amide bonds. The van der Waals surface area contributed by atoms with Crippen LogP contribution in [0.15, 0.2) is 22.6 Å². The maximum absolute atomic E-state index is 5.30. The normalized spacial score (nSPS) is 10.7. The number of oxazole rings is 1. The van der Waals surface area contributed by atoms with Crippen LogP contribution in [-0.2, 0) is 0 Å². The molecule has 0 saturated heterocycles. The Morgan fingerprint density at radius 1 is 1.45 bits per heavy atom. The smallest absolute Gasteiger partial charge is 0.192 e. The zero-order valence-electron chi connectivity index (χ0n) is 6.16. The number of hydrogen-bond acceptors (Lipinski definition) is 2. The SMILES string of the molecule is Cc1nc2cc(P)ccc2o1. The van der Waals surface area contributed by atoms with Crippen molar-refractivity contribution in [2.24, 2.45) is 0 Å². The molecule has 1 unspecified atom stereocenters. The molecule has 0 N–H and O–H groups in total. The van der Waals surface area contributed by atoms with Gasteiger partial charge in [0.25, 0.3) is 0 Å². The monoisotopic (exact) mass is 165 g/mol. The highest BCUT2D eigenvalue weighted by Gasteiger charge is 1.99. The van der Waals surface area contributed by atoms with Crippen LogP contribution >= 0.6 is 9.24 Å². The topological polar surface area (TPSA) is 26.0 Å². The van der Waals surface area contributed by atoms with E-state index in [1.165, 1.54) is 0 Å². The lowest BCUT2D eigenvalue weighted by Crippen LogP contribution is -1.86. The molecule has 2 rings (SSSR count). The largest absolute Gasteiger partial charge is 0.441 e. The first-order valence-electron chi connectivity index (χ1n) is 3.38. The third-order valence-electron chi connectivity index (χ3n) is 1.52. The summed E-state index contributed by atoms with van der Waals surface area (Å²) in [7, 11) is 2.63. The van der Waals surface area contributed by atoms with E-state index in [1.54, 1.807) is 0 Å². The van der Waals surface area contributed by atoms with Crippen molar-refractivity contribution in [2.75, 3.05) is 0 Å². The highest BCUT2D eigenvalue weighted by molar-refractivity contribution is 7.27. The van der Waals surface area contributed by atoms with Gasteiger partial charge in [0.05, 0.1) is 0 Å². The average Bonchev–Trinajstić information content (AvgIpc) is 2.27. The average molecular weight is 165 g/mol. The Kier molecular flexibility index (Phi) is 1.43. The summed E-state index contributed by atoms with van der Waals surface area (Å²) in [4.78, 5) is 4.19. The van der Waals surface area contributed by atoms with Gasteiger partial charge in [-0.3, -0.25) is 0 Å². The summed E-state index contributed by atoms with van der Waals surface area (Å²) < 4.78 is 5.30. The molecule has 0 aliphatic carbocycles. The van der Waals surface area contributed by atoms with E-state index in [-0.39, 0.29) is 0 Å². The highest BCUT2D eigenvalue weighted by Crippen LogP contribution is 2.13. The molecule has 0 radical (unpaired) electrons. The van der Waals surface area contributed by atoms with Crippen molar-refractivity contribution in [3.05, 3.63) is 24.1 Å². The van der Waals surface area contributed by atoms with Gasteiger partial charge in [0.15, 0.2) is 11.5 Å². The second-order valence-electron chi connectivity index (χ2n) is 2.46.